The number of hydrogen-bond acceptors (Lipinski definition) is 5. The molecule has 1 aliphatic rings. The maximum Gasteiger partial charge on any atom is 0.215 e. The van der Waals surface area contributed by atoms with E-state index in [1.54, 1.807) is 0 Å². The average Bonchev–Trinajstić information content (AvgIpc) is 2.05. The molecule has 1 aliphatic heterocycles. The van der Waals surface area contributed by atoms with Crippen molar-refractivity contribution in [2.24, 2.45) is 0 Å². The van der Waals surface area contributed by atoms with Crippen LogP contribution in [0.15, 0.2) is 0 Å². The number of ether oxygens (including phenoxy) is 2. The monoisotopic (exact) mass is 160 g/mol. The van der Waals surface area contributed by atoms with Crippen LogP contribution in [0.4, 0.5) is 0 Å². The van der Waals surface area contributed by atoms with Gasteiger partial charge < -0.3 is 19.4 Å². The second-order valence-corrected chi connectivity index (χ2v) is 2.14. The molecule has 0 radical (unpaired) electrons. The van der Waals surface area contributed by atoms with Gasteiger partial charge in [-0.3, -0.25) is 4.79 Å². The first-order valence-electron chi connectivity index (χ1n) is 3.13. The number of aliphatic hydroxyl groups is 1. The maximum atomic E-state index is 10.2. The molecule has 0 aromatic carbocycles. The predicted octanol–water partition coefficient (Wildman–Crippen LogP) is -1.51. The smallest absolute Gasteiger partial charge is 0.215 e. The number of carbonyl (C=O) groups excluding carboxylic acids is 2. The van der Waals surface area contributed by atoms with E-state index in [1.165, 1.54) is 0 Å². The van der Waals surface area contributed by atoms with E-state index in [9.17, 15) is 9.59 Å². The molecule has 0 amide bonds. The Kier molecular flexibility index (Phi) is 2.70. The Labute approximate surface area is 62.9 Å². The van der Waals surface area contributed by atoms with Crippen molar-refractivity contribution < 1.29 is 24.2 Å². The molecule has 5 nitrogen and oxygen atoms in total. The Bertz CT molecular complexity index is 157. The Morgan fingerprint density at radius 3 is 2.64 bits per heavy atom. The lowest BCUT2D eigenvalue weighted by Gasteiger charge is -2.27. The van der Waals surface area contributed by atoms with Gasteiger partial charge in [-0.2, -0.15) is 0 Å². The van der Waals surface area contributed by atoms with Crippen LogP contribution in [0.2, 0.25) is 0 Å². The Morgan fingerprint density at radius 1 is 1.36 bits per heavy atom. The molecule has 0 spiro atoms. The predicted molar refractivity (Wildman–Crippen MR) is 32.7 cm³/mol. The first kappa shape index (κ1) is 8.32. The Balaban J connectivity index is 2.50. The first-order chi connectivity index (χ1) is 5.27. The number of aldehydes is 2. The standard InChI is InChI=1S/C6H8O5/c7-1-5-4(9)3-10-6(2-8)11-5/h1-2,4-6,9H,3H2/t4-,5+,6-/m1/s1. The fourth-order valence-electron chi connectivity index (χ4n) is 0.767. The van der Waals surface area contributed by atoms with Crippen molar-refractivity contribution in [2.75, 3.05) is 6.61 Å². The fourth-order valence-corrected chi connectivity index (χ4v) is 0.767. The van der Waals surface area contributed by atoms with E-state index in [4.69, 9.17) is 5.11 Å². The number of aliphatic hydroxyl groups excluding tert-OH is 1. The third kappa shape index (κ3) is 1.83. The lowest BCUT2D eigenvalue weighted by atomic mass is 10.2. The lowest BCUT2D eigenvalue weighted by Crippen LogP contribution is -2.45. The summed E-state index contributed by atoms with van der Waals surface area (Å²) >= 11 is 0. The van der Waals surface area contributed by atoms with E-state index >= 15 is 0 Å². The summed E-state index contributed by atoms with van der Waals surface area (Å²) in [6.07, 6.45) is -2.05. The SMILES string of the molecule is O=C[C@@H]1OC[C@@H](O)[C@H](C=O)O1. The molecule has 0 unspecified atom stereocenters. The molecule has 5 heteroatoms. The van der Waals surface area contributed by atoms with Crippen molar-refractivity contribution in [3.63, 3.8) is 0 Å². The van der Waals surface area contributed by atoms with Crippen LogP contribution >= 0.6 is 0 Å². The van der Waals surface area contributed by atoms with E-state index in [1.807, 2.05) is 0 Å². The zero-order chi connectivity index (χ0) is 8.27. The molecule has 0 saturated carbocycles. The van der Waals surface area contributed by atoms with Crippen LogP contribution in [0.3, 0.4) is 0 Å². The number of carbonyl (C=O) groups is 2. The van der Waals surface area contributed by atoms with Crippen LogP contribution in [0.5, 0.6) is 0 Å². The van der Waals surface area contributed by atoms with E-state index < -0.39 is 18.5 Å². The summed E-state index contributed by atoms with van der Waals surface area (Å²) < 4.78 is 9.36. The minimum absolute atomic E-state index is 0.0488. The highest BCUT2D eigenvalue weighted by atomic mass is 16.7. The molecule has 3 atom stereocenters. The molecule has 1 heterocycles. The van der Waals surface area contributed by atoms with Crippen molar-refractivity contribution in [1.82, 2.24) is 0 Å². The van der Waals surface area contributed by atoms with Gasteiger partial charge in [-0.05, 0) is 0 Å². The van der Waals surface area contributed by atoms with Crippen molar-refractivity contribution >= 4 is 12.6 Å². The highest BCUT2D eigenvalue weighted by Gasteiger charge is 2.29. The summed E-state index contributed by atoms with van der Waals surface area (Å²) in [4.78, 5) is 20.3. The van der Waals surface area contributed by atoms with Crippen molar-refractivity contribution in [3.8, 4) is 0 Å². The minimum Gasteiger partial charge on any atom is -0.388 e. The molecule has 1 N–H and O–H groups in total. The molecule has 0 bridgehead atoms. The summed E-state index contributed by atoms with van der Waals surface area (Å²) in [6, 6.07) is 0. The molecule has 1 fully saturated rings. The largest absolute Gasteiger partial charge is 0.388 e. The van der Waals surface area contributed by atoms with Gasteiger partial charge in [0.05, 0.1) is 6.61 Å². The summed E-state index contributed by atoms with van der Waals surface area (Å²) in [5.41, 5.74) is 0. The molecule has 0 aromatic heterocycles. The summed E-state index contributed by atoms with van der Waals surface area (Å²) in [5, 5.41) is 8.99. The highest BCUT2D eigenvalue weighted by molar-refractivity contribution is 5.60. The molecule has 11 heavy (non-hydrogen) atoms. The van der Waals surface area contributed by atoms with Gasteiger partial charge >= 0.3 is 0 Å². The van der Waals surface area contributed by atoms with Gasteiger partial charge in [-0.1, -0.05) is 0 Å². The Morgan fingerprint density at radius 2 is 2.09 bits per heavy atom. The van der Waals surface area contributed by atoms with Gasteiger partial charge in [0.15, 0.2) is 12.6 Å². The summed E-state index contributed by atoms with van der Waals surface area (Å²) in [6.45, 7) is -0.0488. The van der Waals surface area contributed by atoms with Gasteiger partial charge in [-0.15, -0.1) is 0 Å². The zero-order valence-electron chi connectivity index (χ0n) is 5.67. The average molecular weight is 160 g/mol. The van der Waals surface area contributed by atoms with Crippen molar-refractivity contribution in [3.05, 3.63) is 0 Å². The van der Waals surface area contributed by atoms with Crippen LogP contribution in [0, 0.1) is 0 Å². The molecule has 62 valence electrons. The molecular weight excluding hydrogens is 152 g/mol. The second kappa shape index (κ2) is 3.56. The molecule has 0 aliphatic carbocycles. The van der Waals surface area contributed by atoms with Crippen LogP contribution < -0.4 is 0 Å². The van der Waals surface area contributed by atoms with Gasteiger partial charge in [0.25, 0.3) is 0 Å². The van der Waals surface area contributed by atoms with Crippen LogP contribution in [-0.2, 0) is 19.1 Å². The first-order valence-corrected chi connectivity index (χ1v) is 3.13. The second-order valence-electron chi connectivity index (χ2n) is 2.14. The Hall–Kier alpha value is -0.780. The van der Waals surface area contributed by atoms with Gasteiger partial charge in [0, 0.05) is 0 Å². The normalized spacial score (nSPS) is 38.1. The number of hydrogen-bond donors (Lipinski definition) is 1. The highest BCUT2D eigenvalue weighted by Crippen LogP contribution is 2.09. The molecule has 1 saturated heterocycles. The molecule has 1 rings (SSSR count). The van der Waals surface area contributed by atoms with Crippen molar-refractivity contribution in [1.29, 1.82) is 0 Å². The van der Waals surface area contributed by atoms with E-state index in [0.29, 0.717) is 12.6 Å². The van der Waals surface area contributed by atoms with Crippen LogP contribution in [0.25, 0.3) is 0 Å². The van der Waals surface area contributed by atoms with E-state index in [-0.39, 0.29) is 6.61 Å². The van der Waals surface area contributed by atoms with Crippen LogP contribution in [0.1, 0.15) is 0 Å². The van der Waals surface area contributed by atoms with Crippen molar-refractivity contribution in [2.45, 2.75) is 18.5 Å². The zero-order valence-corrected chi connectivity index (χ0v) is 5.67. The topological polar surface area (TPSA) is 72.8 Å². The summed E-state index contributed by atoms with van der Waals surface area (Å²) in [5.74, 6) is 0. The third-order valence-electron chi connectivity index (χ3n) is 1.35. The fraction of sp³-hybridized carbons (Fsp3) is 0.667. The van der Waals surface area contributed by atoms with Gasteiger partial charge in [0.1, 0.15) is 12.2 Å². The van der Waals surface area contributed by atoms with Gasteiger partial charge in [-0.25, -0.2) is 0 Å². The van der Waals surface area contributed by atoms with Gasteiger partial charge in [0.2, 0.25) is 6.29 Å². The van der Waals surface area contributed by atoms with E-state index in [2.05, 4.69) is 9.47 Å². The molecule has 0 aromatic rings. The summed E-state index contributed by atoms with van der Waals surface area (Å²) in [7, 11) is 0. The van der Waals surface area contributed by atoms with E-state index in [0.717, 1.165) is 0 Å². The minimum atomic E-state index is -1.02. The quantitative estimate of drug-likeness (QED) is 0.497. The lowest BCUT2D eigenvalue weighted by molar-refractivity contribution is -0.229. The molecular formula is C6H8O5. The maximum absolute atomic E-state index is 10.2. The third-order valence-corrected chi connectivity index (χ3v) is 1.35. The van der Waals surface area contributed by atoms with Crippen LogP contribution in [-0.4, -0.2) is 42.8 Å². The number of rotatable bonds is 2.